The van der Waals surface area contributed by atoms with Gasteiger partial charge in [-0.05, 0) is 22.0 Å². The summed E-state index contributed by atoms with van der Waals surface area (Å²) in [4.78, 5) is 14.7. The lowest BCUT2D eigenvalue weighted by atomic mass is 10.1. The van der Waals surface area contributed by atoms with Gasteiger partial charge >= 0.3 is 0 Å². The third kappa shape index (κ3) is 1.86. The Morgan fingerprint density at radius 1 is 1.39 bits per heavy atom. The maximum absolute atomic E-state index is 11.1. The molecule has 0 atom stereocenters. The molecular weight excluding hydrogens is 304 g/mol. The molecule has 0 radical (unpaired) electrons. The number of nitrogens with zero attached hydrogens (tertiary/aromatic N) is 2. The van der Waals surface area contributed by atoms with Gasteiger partial charge in [-0.1, -0.05) is 0 Å². The molecule has 0 aliphatic rings. The van der Waals surface area contributed by atoms with Crippen LogP contribution < -0.4 is 9.47 Å². The topological polar surface area (TPSA) is 74.5 Å². The van der Waals surface area contributed by atoms with E-state index in [-0.39, 0.29) is 5.69 Å². The van der Waals surface area contributed by atoms with E-state index in [4.69, 9.17) is 9.47 Å². The number of non-ortho nitro benzene ring substituents is 1. The highest BCUT2D eigenvalue weighted by Gasteiger charge is 2.22. The van der Waals surface area contributed by atoms with Crippen molar-refractivity contribution in [2.24, 2.45) is 0 Å². The highest BCUT2D eigenvalue weighted by molar-refractivity contribution is 9.10. The molecule has 0 N–H and O–H groups in total. The van der Waals surface area contributed by atoms with E-state index in [1.807, 2.05) is 0 Å². The quantitative estimate of drug-likeness (QED) is 0.495. The molecule has 7 heteroatoms. The van der Waals surface area contributed by atoms with E-state index in [2.05, 4.69) is 20.9 Å². The highest BCUT2D eigenvalue weighted by Crippen LogP contribution is 2.43. The zero-order valence-corrected chi connectivity index (χ0v) is 11.2. The minimum absolute atomic E-state index is 0.0502. The van der Waals surface area contributed by atoms with Gasteiger partial charge in [0.2, 0.25) is 0 Å². The summed E-state index contributed by atoms with van der Waals surface area (Å²) in [6, 6.07) is 2.91. The number of nitro benzene ring substituents is 1. The van der Waals surface area contributed by atoms with Crippen molar-refractivity contribution in [3.05, 3.63) is 33.0 Å². The molecule has 2 aromatic rings. The first-order chi connectivity index (χ1) is 8.60. The summed E-state index contributed by atoms with van der Waals surface area (Å²) in [6.45, 7) is 0. The van der Waals surface area contributed by atoms with Crippen LogP contribution in [0.15, 0.2) is 22.9 Å². The average molecular weight is 313 g/mol. The Morgan fingerprint density at radius 3 is 2.67 bits per heavy atom. The molecule has 1 heterocycles. The number of ether oxygens (including phenoxy) is 2. The van der Waals surface area contributed by atoms with Crippen molar-refractivity contribution in [2.45, 2.75) is 0 Å². The van der Waals surface area contributed by atoms with Crippen molar-refractivity contribution in [2.75, 3.05) is 14.2 Å². The molecule has 18 heavy (non-hydrogen) atoms. The Morgan fingerprint density at radius 2 is 2.11 bits per heavy atom. The SMILES string of the molecule is COc1cc([N+](=O)[O-])c2ccnc(Br)c2c1OC. The molecule has 0 aliphatic heterocycles. The van der Waals surface area contributed by atoms with E-state index in [1.165, 1.54) is 26.5 Å². The second-order valence-electron chi connectivity index (χ2n) is 3.41. The lowest BCUT2D eigenvalue weighted by Crippen LogP contribution is -1.97. The molecule has 1 aromatic carbocycles. The number of benzene rings is 1. The second kappa shape index (κ2) is 4.77. The van der Waals surface area contributed by atoms with Gasteiger partial charge in [0.05, 0.1) is 36.0 Å². The molecule has 0 saturated heterocycles. The first kappa shape index (κ1) is 12.6. The molecule has 0 fully saturated rings. The van der Waals surface area contributed by atoms with Crippen molar-refractivity contribution < 1.29 is 14.4 Å². The van der Waals surface area contributed by atoms with Crippen LogP contribution in [0.25, 0.3) is 10.8 Å². The van der Waals surface area contributed by atoms with Crippen LogP contribution in [0.2, 0.25) is 0 Å². The van der Waals surface area contributed by atoms with Crippen LogP contribution in [0.5, 0.6) is 11.5 Å². The van der Waals surface area contributed by atoms with Crippen LogP contribution in [0.1, 0.15) is 0 Å². The van der Waals surface area contributed by atoms with Gasteiger partial charge in [0.25, 0.3) is 5.69 Å². The van der Waals surface area contributed by atoms with Gasteiger partial charge in [-0.25, -0.2) is 4.98 Å². The highest BCUT2D eigenvalue weighted by atomic mass is 79.9. The van der Waals surface area contributed by atoms with Crippen molar-refractivity contribution >= 4 is 32.4 Å². The first-order valence-electron chi connectivity index (χ1n) is 4.93. The fourth-order valence-electron chi connectivity index (χ4n) is 1.76. The van der Waals surface area contributed by atoms with Gasteiger partial charge in [0, 0.05) is 6.20 Å². The fraction of sp³-hybridized carbons (Fsp3) is 0.182. The summed E-state index contributed by atoms with van der Waals surface area (Å²) in [7, 11) is 2.90. The third-order valence-electron chi connectivity index (χ3n) is 2.52. The molecular formula is C11H9BrN2O4. The summed E-state index contributed by atoms with van der Waals surface area (Å²) >= 11 is 3.27. The van der Waals surface area contributed by atoms with Crippen molar-refractivity contribution in [1.82, 2.24) is 4.98 Å². The van der Waals surface area contributed by atoms with Crippen LogP contribution in [-0.4, -0.2) is 24.1 Å². The molecule has 2 rings (SSSR count). The number of fused-ring (bicyclic) bond motifs is 1. The summed E-state index contributed by atoms with van der Waals surface area (Å²) < 4.78 is 10.8. The summed E-state index contributed by atoms with van der Waals surface area (Å²) in [5, 5.41) is 12.0. The Labute approximate surface area is 111 Å². The number of hydrogen-bond donors (Lipinski definition) is 0. The lowest BCUT2D eigenvalue weighted by molar-refractivity contribution is -0.383. The second-order valence-corrected chi connectivity index (χ2v) is 4.16. The molecule has 0 saturated carbocycles. The summed E-state index contributed by atoms with van der Waals surface area (Å²) in [5.41, 5.74) is -0.0502. The van der Waals surface area contributed by atoms with E-state index in [9.17, 15) is 10.1 Å². The average Bonchev–Trinajstić information content (AvgIpc) is 2.36. The van der Waals surface area contributed by atoms with Crippen molar-refractivity contribution in [3.8, 4) is 11.5 Å². The lowest BCUT2D eigenvalue weighted by Gasteiger charge is -2.11. The van der Waals surface area contributed by atoms with Gasteiger partial charge < -0.3 is 9.47 Å². The zero-order chi connectivity index (χ0) is 13.3. The van der Waals surface area contributed by atoms with Crippen LogP contribution in [0.4, 0.5) is 5.69 Å². The predicted octanol–water partition coefficient (Wildman–Crippen LogP) is 2.92. The Balaban J connectivity index is 2.98. The minimum atomic E-state index is -0.462. The van der Waals surface area contributed by atoms with Gasteiger partial charge in [-0.3, -0.25) is 10.1 Å². The van der Waals surface area contributed by atoms with E-state index in [0.29, 0.717) is 26.9 Å². The maximum atomic E-state index is 11.1. The van der Waals surface area contributed by atoms with Gasteiger partial charge in [-0.15, -0.1) is 0 Å². The van der Waals surface area contributed by atoms with Gasteiger partial charge in [-0.2, -0.15) is 0 Å². The molecule has 6 nitrogen and oxygen atoms in total. The molecule has 0 bridgehead atoms. The summed E-state index contributed by atoms with van der Waals surface area (Å²) in [5.74, 6) is 0.712. The monoisotopic (exact) mass is 312 g/mol. The van der Waals surface area contributed by atoms with Crippen LogP contribution in [-0.2, 0) is 0 Å². The fourth-order valence-corrected chi connectivity index (χ4v) is 2.27. The molecule has 94 valence electrons. The smallest absolute Gasteiger partial charge is 0.281 e. The number of rotatable bonds is 3. The Bertz CT molecular complexity index is 630. The number of nitro groups is 1. The number of pyridine rings is 1. The molecule has 0 spiro atoms. The van der Waals surface area contributed by atoms with Crippen molar-refractivity contribution in [3.63, 3.8) is 0 Å². The standard InChI is InChI=1S/C11H9BrN2O4/c1-17-8-5-7(14(15)16)6-3-4-13-11(12)9(6)10(8)18-2/h3-5H,1-2H3. The zero-order valence-electron chi connectivity index (χ0n) is 9.64. The van der Waals surface area contributed by atoms with Crippen LogP contribution in [0.3, 0.4) is 0 Å². The molecule has 0 amide bonds. The number of hydrogen-bond acceptors (Lipinski definition) is 5. The minimum Gasteiger partial charge on any atom is -0.493 e. The Hall–Kier alpha value is -1.89. The Kier molecular flexibility index (Phi) is 3.33. The van der Waals surface area contributed by atoms with Crippen LogP contribution >= 0.6 is 15.9 Å². The molecule has 1 aromatic heterocycles. The number of methoxy groups -OCH3 is 2. The first-order valence-corrected chi connectivity index (χ1v) is 5.73. The van der Waals surface area contributed by atoms with E-state index >= 15 is 0 Å². The predicted molar refractivity (Wildman–Crippen MR) is 69.2 cm³/mol. The van der Waals surface area contributed by atoms with Gasteiger partial charge in [0.15, 0.2) is 11.5 Å². The summed E-state index contributed by atoms with van der Waals surface area (Å²) in [6.07, 6.45) is 1.49. The normalized spacial score (nSPS) is 10.4. The van der Waals surface area contributed by atoms with Gasteiger partial charge in [0.1, 0.15) is 4.60 Å². The number of halogens is 1. The van der Waals surface area contributed by atoms with E-state index in [0.717, 1.165) is 0 Å². The van der Waals surface area contributed by atoms with Crippen molar-refractivity contribution in [1.29, 1.82) is 0 Å². The third-order valence-corrected chi connectivity index (χ3v) is 3.12. The molecule has 0 aliphatic carbocycles. The van der Waals surface area contributed by atoms with E-state index in [1.54, 1.807) is 6.07 Å². The molecule has 0 unspecified atom stereocenters. The largest absolute Gasteiger partial charge is 0.493 e. The van der Waals surface area contributed by atoms with E-state index < -0.39 is 4.92 Å². The maximum Gasteiger partial charge on any atom is 0.281 e. The van der Waals surface area contributed by atoms with Crippen LogP contribution in [0, 0.1) is 10.1 Å². The number of aromatic nitrogens is 1.